The average molecular weight is 337 g/mol. The van der Waals surface area contributed by atoms with E-state index in [9.17, 15) is 0 Å². The van der Waals surface area contributed by atoms with Crippen LogP contribution in [-0.4, -0.2) is 13.8 Å². The summed E-state index contributed by atoms with van der Waals surface area (Å²) in [4.78, 5) is 0. The standard InChI is InChI=1S/C22H28OSi/c1-6-11-21(23-22(7-2)24(3,4)5)20-16-14-19(15-17-20)18-12-9-8-10-13-18/h6-10,12-17,21-22H,1-2,11H2,3-5H3. The lowest BCUT2D eigenvalue weighted by atomic mass is 10.0. The molecule has 0 radical (unpaired) electrons. The lowest BCUT2D eigenvalue weighted by molar-refractivity contribution is 0.0487. The lowest BCUT2D eigenvalue weighted by Gasteiger charge is -2.30. The van der Waals surface area contributed by atoms with Crippen LogP contribution in [-0.2, 0) is 4.74 Å². The Morgan fingerprint density at radius 2 is 1.50 bits per heavy atom. The zero-order valence-electron chi connectivity index (χ0n) is 15.0. The van der Waals surface area contributed by atoms with Crippen LogP contribution in [0.15, 0.2) is 79.9 Å². The third-order valence-electron chi connectivity index (χ3n) is 4.15. The Bertz CT molecular complexity index is 653. The maximum Gasteiger partial charge on any atom is 0.0863 e. The Labute approximate surface area is 147 Å². The smallest absolute Gasteiger partial charge is 0.0863 e. The van der Waals surface area contributed by atoms with E-state index in [-0.39, 0.29) is 11.8 Å². The molecule has 1 nitrogen and oxygen atoms in total. The summed E-state index contributed by atoms with van der Waals surface area (Å²) in [6.07, 6.45) is 4.72. The lowest BCUT2D eigenvalue weighted by Crippen LogP contribution is -2.39. The van der Waals surface area contributed by atoms with Gasteiger partial charge in [0, 0.05) is 0 Å². The van der Waals surface area contributed by atoms with Crippen molar-refractivity contribution in [3.8, 4) is 11.1 Å². The molecule has 0 spiro atoms. The minimum atomic E-state index is -1.45. The minimum Gasteiger partial charge on any atom is -0.369 e. The van der Waals surface area contributed by atoms with Crippen molar-refractivity contribution in [1.82, 2.24) is 0 Å². The minimum absolute atomic E-state index is 0.0297. The molecular formula is C22H28OSi. The van der Waals surface area contributed by atoms with Crippen LogP contribution in [0.5, 0.6) is 0 Å². The fraction of sp³-hybridized carbons (Fsp3) is 0.273. The highest BCUT2D eigenvalue weighted by Gasteiger charge is 2.27. The third-order valence-corrected chi connectivity index (χ3v) is 6.23. The van der Waals surface area contributed by atoms with E-state index in [2.05, 4.69) is 81.3 Å². The van der Waals surface area contributed by atoms with Crippen LogP contribution in [0.2, 0.25) is 19.6 Å². The molecular weight excluding hydrogens is 308 g/mol. The summed E-state index contributed by atoms with van der Waals surface area (Å²) >= 11 is 0. The van der Waals surface area contributed by atoms with Gasteiger partial charge in [0.1, 0.15) is 0 Å². The van der Waals surface area contributed by atoms with Crippen LogP contribution in [0.3, 0.4) is 0 Å². The molecule has 0 aliphatic rings. The van der Waals surface area contributed by atoms with Crippen molar-refractivity contribution in [1.29, 1.82) is 0 Å². The van der Waals surface area contributed by atoms with Crippen LogP contribution in [0.1, 0.15) is 18.1 Å². The number of hydrogen-bond donors (Lipinski definition) is 0. The quantitative estimate of drug-likeness (QED) is 0.399. The first-order valence-corrected chi connectivity index (χ1v) is 12.1. The summed E-state index contributed by atoms with van der Waals surface area (Å²) in [5.74, 6) is 0. The summed E-state index contributed by atoms with van der Waals surface area (Å²) in [7, 11) is -1.45. The van der Waals surface area contributed by atoms with E-state index in [1.165, 1.54) is 16.7 Å². The molecule has 0 saturated carbocycles. The van der Waals surface area contributed by atoms with Gasteiger partial charge in [-0.25, -0.2) is 0 Å². The van der Waals surface area contributed by atoms with Crippen LogP contribution in [0.25, 0.3) is 11.1 Å². The predicted molar refractivity (Wildman–Crippen MR) is 108 cm³/mol. The molecule has 0 bridgehead atoms. The van der Waals surface area contributed by atoms with Crippen LogP contribution in [0.4, 0.5) is 0 Å². The second kappa shape index (κ2) is 8.27. The Kier molecular flexibility index (Phi) is 6.35. The number of ether oxygens (including phenoxy) is 1. The van der Waals surface area contributed by atoms with Gasteiger partial charge in [0.2, 0.25) is 0 Å². The highest BCUT2D eigenvalue weighted by Crippen LogP contribution is 2.29. The van der Waals surface area contributed by atoms with Gasteiger partial charge in [-0.3, -0.25) is 0 Å². The van der Waals surface area contributed by atoms with E-state index in [4.69, 9.17) is 4.74 Å². The van der Waals surface area contributed by atoms with Crippen molar-refractivity contribution in [2.75, 3.05) is 0 Å². The molecule has 126 valence electrons. The predicted octanol–water partition coefficient (Wildman–Crippen LogP) is 6.42. The molecule has 0 saturated heterocycles. The Balaban J connectivity index is 2.22. The fourth-order valence-electron chi connectivity index (χ4n) is 2.73. The van der Waals surface area contributed by atoms with Gasteiger partial charge < -0.3 is 4.74 Å². The van der Waals surface area contributed by atoms with Gasteiger partial charge in [0.25, 0.3) is 0 Å². The summed E-state index contributed by atoms with van der Waals surface area (Å²) in [6.45, 7) is 14.8. The van der Waals surface area contributed by atoms with Crippen LogP contribution >= 0.6 is 0 Å². The molecule has 2 aromatic carbocycles. The average Bonchev–Trinajstić information content (AvgIpc) is 2.58. The molecule has 2 rings (SSSR count). The molecule has 0 aromatic heterocycles. The van der Waals surface area contributed by atoms with E-state index in [1.807, 2.05) is 18.2 Å². The van der Waals surface area contributed by atoms with Gasteiger partial charge in [-0.15, -0.1) is 13.2 Å². The van der Waals surface area contributed by atoms with E-state index < -0.39 is 8.07 Å². The zero-order valence-corrected chi connectivity index (χ0v) is 16.0. The molecule has 2 heteroatoms. The molecule has 0 fully saturated rings. The largest absolute Gasteiger partial charge is 0.369 e. The van der Waals surface area contributed by atoms with Gasteiger partial charge >= 0.3 is 0 Å². The maximum atomic E-state index is 6.41. The highest BCUT2D eigenvalue weighted by molar-refractivity contribution is 6.77. The maximum absolute atomic E-state index is 6.41. The van der Waals surface area contributed by atoms with E-state index in [0.29, 0.717) is 0 Å². The number of rotatable bonds is 8. The summed E-state index contributed by atoms with van der Waals surface area (Å²) in [5.41, 5.74) is 3.79. The van der Waals surface area contributed by atoms with Gasteiger partial charge in [0.05, 0.1) is 19.9 Å². The van der Waals surface area contributed by atoms with Crippen LogP contribution in [0, 0.1) is 0 Å². The van der Waals surface area contributed by atoms with Crippen molar-refractivity contribution >= 4 is 8.07 Å². The molecule has 0 aliphatic carbocycles. The van der Waals surface area contributed by atoms with Crippen LogP contribution < -0.4 is 0 Å². The molecule has 2 atom stereocenters. The van der Waals surface area contributed by atoms with E-state index >= 15 is 0 Å². The van der Waals surface area contributed by atoms with Gasteiger partial charge in [0.15, 0.2) is 0 Å². The topological polar surface area (TPSA) is 9.23 Å². The molecule has 0 aliphatic heterocycles. The normalized spacial score (nSPS) is 14.0. The fourth-order valence-corrected chi connectivity index (χ4v) is 4.01. The SMILES string of the molecule is C=CCC(OC(C=C)[Si](C)(C)C)c1ccc(-c2ccccc2)cc1. The molecule has 2 unspecified atom stereocenters. The van der Waals surface area contributed by atoms with Crippen molar-refractivity contribution < 1.29 is 4.74 Å². The van der Waals surface area contributed by atoms with Gasteiger partial charge in [-0.05, 0) is 23.1 Å². The summed E-state index contributed by atoms with van der Waals surface area (Å²) in [5, 5.41) is 0. The summed E-state index contributed by atoms with van der Waals surface area (Å²) in [6, 6.07) is 19.1. The monoisotopic (exact) mass is 336 g/mol. The zero-order chi connectivity index (χ0) is 17.6. The van der Waals surface area contributed by atoms with E-state index in [0.717, 1.165) is 6.42 Å². The van der Waals surface area contributed by atoms with E-state index in [1.54, 1.807) is 0 Å². The Hall–Kier alpha value is -1.90. The first-order valence-electron chi connectivity index (χ1n) is 8.50. The number of benzene rings is 2. The summed E-state index contributed by atoms with van der Waals surface area (Å²) < 4.78 is 6.41. The highest BCUT2D eigenvalue weighted by atomic mass is 28.3. The first-order chi connectivity index (χ1) is 11.5. The molecule has 0 heterocycles. The number of hydrogen-bond acceptors (Lipinski definition) is 1. The third kappa shape index (κ3) is 4.79. The molecule has 0 N–H and O–H groups in total. The van der Waals surface area contributed by atoms with Crippen molar-refractivity contribution in [3.63, 3.8) is 0 Å². The Morgan fingerprint density at radius 1 is 0.917 bits per heavy atom. The Morgan fingerprint density at radius 3 is 2.00 bits per heavy atom. The molecule has 2 aromatic rings. The first kappa shape index (κ1) is 18.4. The molecule has 24 heavy (non-hydrogen) atoms. The van der Waals surface area contributed by atoms with Crippen molar-refractivity contribution in [2.24, 2.45) is 0 Å². The van der Waals surface area contributed by atoms with Gasteiger partial charge in [-0.1, -0.05) is 86.4 Å². The second-order valence-electron chi connectivity index (χ2n) is 7.16. The molecule has 0 amide bonds. The second-order valence-corrected chi connectivity index (χ2v) is 12.5. The van der Waals surface area contributed by atoms with Gasteiger partial charge in [-0.2, -0.15) is 0 Å². The van der Waals surface area contributed by atoms with Crippen molar-refractivity contribution in [3.05, 3.63) is 85.5 Å². The van der Waals surface area contributed by atoms with Crippen molar-refractivity contribution in [2.45, 2.75) is 37.9 Å².